The van der Waals surface area contributed by atoms with Gasteiger partial charge in [0.1, 0.15) is 0 Å². The monoisotopic (exact) mass is 205 g/mol. The van der Waals surface area contributed by atoms with E-state index in [1.54, 1.807) is 0 Å². The van der Waals surface area contributed by atoms with Crippen molar-refractivity contribution in [3.8, 4) is 0 Å². The second-order valence-electron chi connectivity index (χ2n) is 4.11. The number of hydrogen-bond acceptors (Lipinski definition) is 3. The molecule has 0 saturated carbocycles. The molecular formula is C12H19N3. The lowest BCUT2D eigenvalue weighted by Crippen LogP contribution is -2.24. The third kappa shape index (κ3) is 2.69. The van der Waals surface area contributed by atoms with Crippen LogP contribution in [0.4, 0.5) is 5.69 Å². The summed E-state index contributed by atoms with van der Waals surface area (Å²) in [5, 5.41) is 0. The average molecular weight is 205 g/mol. The number of nitrogens with zero attached hydrogens (tertiary/aromatic N) is 2. The first-order chi connectivity index (χ1) is 7.40. The molecule has 0 atom stereocenters. The smallest absolute Gasteiger partial charge is 0.0560 e. The van der Waals surface area contributed by atoms with Crippen molar-refractivity contribution >= 4 is 5.69 Å². The molecule has 1 aliphatic rings. The minimum Gasteiger partial charge on any atom is -0.371 e. The zero-order chi connectivity index (χ0) is 10.5. The molecule has 0 bridgehead atoms. The van der Waals surface area contributed by atoms with Crippen molar-refractivity contribution in [2.24, 2.45) is 5.73 Å². The fourth-order valence-corrected chi connectivity index (χ4v) is 2.10. The van der Waals surface area contributed by atoms with Crippen LogP contribution in [0.5, 0.6) is 0 Å². The van der Waals surface area contributed by atoms with Crippen molar-refractivity contribution in [2.45, 2.75) is 32.2 Å². The van der Waals surface area contributed by atoms with Gasteiger partial charge in [-0.05, 0) is 25.0 Å². The van der Waals surface area contributed by atoms with E-state index >= 15 is 0 Å². The number of rotatable bonds is 2. The summed E-state index contributed by atoms with van der Waals surface area (Å²) in [6.07, 6.45) is 7.21. The molecule has 1 saturated heterocycles. The van der Waals surface area contributed by atoms with Crippen molar-refractivity contribution in [1.82, 2.24) is 4.98 Å². The fraction of sp³-hybridized carbons (Fsp3) is 0.583. The van der Waals surface area contributed by atoms with Gasteiger partial charge in [-0.1, -0.05) is 12.8 Å². The molecule has 3 heteroatoms. The van der Waals surface area contributed by atoms with E-state index in [-0.39, 0.29) is 0 Å². The van der Waals surface area contributed by atoms with E-state index in [0.29, 0.717) is 6.54 Å². The molecule has 0 unspecified atom stereocenters. The molecule has 82 valence electrons. The van der Waals surface area contributed by atoms with Gasteiger partial charge in [-0.15, -0.1) is 0 Å². The topological polar surface area (TPSA) is 42.1 Å². The van der Waals surface area contributed by atoms with E-state index in [2.05, 4.69) is 22.0 Å². The Morgan fingerprint density at radius 1 is 1.20 bits per heavy atom. The summed E-state index contributed by atoms with van der Waals surface area (Å²) in [7, 11) is 0. The van der Waals surface area contributed by atoms with Gasteiger partial charge in [-0.2, -0.15) is 0 Å². The van der Waals surface area contributed by atoms with Gasteiger partial charge in [-0.3, -0.25) is 4.98 Å². The SMILES string of the molecule is NCc1cc(N2CCCCCC2)ccn1. The average Bonchev–Trinajstić information content (AvgIpc) is 2.58. The van der Waals surface area contributed by atoms with Crippen LogP contribution in [-0.2, 0) is 6.54 Å². The highest BCUT2D eigenvalue weighted by atomic mass is 15.1. The third-order valence-electron chi connectivity index (χ3n) is 2.98. The molecule has 0 amide bonds. The maximum Gasteiger partial charge on any atom is 0.0560 e. The molecule has 1 aromatic heterocycles. The van der Waals surface area contributed by atoms with E-state index in [1.165, 1.54) is 44.5 Å². The molecule has 15 heavy (non-hydrogen) atoms. The summed E-state index contributed by atoms with van der Waals surface area (Å²) in [5.41, 5.74) is 7.87. The maximum atomic E-state index is 5.60. The molecule has 1 aromatic rings. The van der Waals surface area contributed by atoms with Crippen LogP contribution in [0.3, 0.4) is 0 Å². The van der Waals surface area contributed by atoms with Crippen molar-refractivity contribution in [3.63, 3.8) is 0 Å². The summed E-state index contributed by atoms with van der Waals surface area (Å²) >= 11 is 0. The molecule has 1 aliphatic heterocycles. The predicted octanol–water partition coefficient (Wildman–Crippen LogP) is 1.92. The van der Waals surface area contributed by atoms with E-state index in [0.717, 1.165) is 5.69 Å². The summed E-state index contributed by atoms with van der Waals surface area (Å²) in [6.45, 7) is 2.88. The molecule has 0 aromatic carbocycles. The van der Waals surface area contributed by atoms with Crippen LogP contribution in [0.25, 0.3) is 0 Å². The van der Waals surface area contributed by atoms with Gasteiger partial charge in [0.05, 0.1) is 5.69 Å². The molecule has 2 N–H and O–H groups in total. The lowest BCUT2D eigenvalue weighted by atomic mass is 10.2. The zero-order valence-corrected chi connectivity index (χ0v) is 9.15. The normalized spacial score (nSPS) is 17.5. The Morgan fingerprint density at radius 3 is 2.60 bits per heavy atom. The van der Waals surface area contributed by atoms with E-state index in [1.807, 2.05) is 6.20 Å². The largest absolute Gasteiger partial charge is 0.371 e. The molecule has 2 rings (SSSR count). The quantitative estimate of drug-likeness (QED) is 0.802. The number of nitrogens with two attached hydrogens (primary N) is 1. The summed E-state index contributed by atoms with van der Waals surface area (Å²) < 4.78 is 0. The number of hydrogen-bond donors (Lipinski definition) is 1. The summed E-state index contributed by atoms with van der Waals surface area (Å²) in [5.74, 6) is 0. The van der Waals surface area contributed by atoms with Gasteiger partial charge in [-0.25, -0.2) is 0 Å². The Labute approximate surface area is 91.3 Å². The molecule has 1 fully saturated rings. The molecule has 0 aliphatic carbocycles. The number of aromatic nitrogens is 1. The molecule has 3 nitrogen and oxygen atoms in total. The molecular weight excluding hydrogens is 186 g/mol. The Kier molecular flexibility index (Phi) is 3.56. The predicted molar refractivity (Wildman–Crippen MR) is 62.8 cm³/mol. The Bertz CT molecular complexity index is 303. The third-order valence-corrected chi connectivity index (χ3v) is 2.98. The minimum absolute atomic E-state index is 0.529. The van der Waals surface area contributed by atoms with Gasteiger partial charge in [0.25, 0.3) is 0 Å². The first kappa shape index (κ1) is 10.4. The first-order valence-electron chi connectivity index (χ1n) is 5.80. The van der Waals surface area contributed by atoms with Gasteiger partial charge in [0, 0.05) is 31.5 Å². The Morgan fingerprint density at radius 2 is 1.93 bits per heavy atom. The van der Waals surface area contributed by atoms with E-state index in [9.17, 15) is 0 Å². The maximum absolute atomic E-state index is 5.60. The van der Waals surface area contributed by atoms with Crippen molar-refractivity contribution in [3.05, 3.63) is 24.0 Å². The lowest BCUT2D eigenvalue weighted by molar-refractivity contribution is 0.726. The highest BCUT2D eigenvalue weighted by Crippen LogP contribution is 2.19. The second kappa shape index (κ2) is 5.12. The second-order valence-corrected chi connectivity index (χ2v) is 4.11. The van der Waals surface area contributed by atoms with Crippen LogP contribution in [0, 0.1) is 0 Å². The number of pyridine rings is 1. The van der Waals surface area contributed by atoms with Gasteiger partial charge in [0.2, 0.25) is 0 Å². The van der Waals surface area contributed by atoms with Crippen LogP contribution in [0.2, 0.25) is 0 Å². The van der Waals surface area contributed by atoms with Gasteiger partial charge >= 0.3 is 0 Å². The van der Waals surface area contributed by atoms with Crippen LogP contribution < -0.4 is 10.6 Å². The van der Waals surface area contributed by atoms with Crippen molar-refractivity contribution in [2.75, 3.05) is 18.0 Å². The highest BCUT2D eigenvalue weighted by molar-refractivity contribution is 5.46. The van der Waals surface area contributed by atoms with E-state index < -0.39 is 0 Å². The standard InChI is InChI=1S/C12H19N3/c13-10-11-9-12(5-6-14-11)15-7-3-1-2-4-8-15/h5-6,9H,1-4,7-8,10,13H2. The van der Waals surface area contributed by atoms with Crippen molar-refractivity contribution < 1.29 is 0 Å². The first-order valence-corrected chi connectivity index (χ1v) is 5.80. The summed E-state index contributed by atoms with van der Waals surface area (Å²) in [6, 6.07) is 4.20. The number of anilines is 1. The summed E-state index contributed by atoms with van der Waals surface area (Å²) in [4.78, 5) is 6.68. The molecule has 0 radical (unpaired) electrons. The van der Waals surface area contributed by atoms with E-state index in [4.69, 9.17) is 5.73 Å². The zero-order valence-electron chi connectivity index (χ0n) is 9.15. The fourth-order valence-electron chi connectivity index (χ4n) is 2.10. The van der Waals surface area contributed by atoms with Crippen molar-refractivity contribution in [1.29, 1.82) is 0 Å². The Balaban J connectivity index is 2.12. The van der Waals surface area contributed by atoms with Crippen LogP contribution in [0.15, 0.2) is 18.3 Å². The van der Waals surface area contributed by atoms with Crippen LogP contribution in [-0.4, -0.2) is 18.1 Å². The minimum atomic E-state index is 0.529. The highest BCUT2D eigenvalue weighted by Gasteiger charge is 2.09. The lowest BCUT2D eigenvalue weighted by Gasteiger charge is -2.22. The Hall–Kier alpha value is -1.09. The molecule has 2 heterocycles. The van der Waals surface area contributed by atoms with Gasteiger partial charge < -0.3 is 10.6 Å². The van der Waals surface area contributed by atoms with Crippen LogP contribution in [0.1, 0.15) is 31.4 Å². The molecule has 0 spiro atoms. The van der Waals surface area contributed by atoms with Gasteiger partial charge in [0.15, 0.2) is 0 Å². The van der Waals surface area contributed by atoms with Crippen LogP contribution >= 0.6 is 0 Å².